The van der Waals surface area contributed by atoms with Crippen LogP contribution in [0.15, 0.2) is 45.8 Å². The number of fused-ring (bicyclic) bond motifs is 1. The average molecular weight is 550 g/mol. The molecule has 4 rings (SSSR count). The van der Waals surface area contributed by atoms with Crippen LogP contribution in [0.3, 0.4) is 0 Å². The van der Waals surface area contributed by atoms with Crippen molar-refractivity contribution in [3.8, 4) is 5.75 Å². The van der Waals surface area contributed by atoms with Gasteiger partial charge in [-0.25, -0.2) is 8.42 Å². The Morgan fingerprint density at radius 3 is 2.41 bits per heavy atom. The summed E-state index contributed by atoms with van der Waals surface area (Å²) in [6.45, 7) is 2.87. The first kappa shape index (κ1) is 24.7. The number of benzene rings is 2. The number of nitrogens with one attached hydrogen (secondary N) is 1. The second-order valence-electron chi connectivity index (χ2n) is 8.46. The lowest BCUT2D eigenvalue weighted by Crippen LogP contribution is -2.41. The number of sulfonamides is 1. The van der Waals surface area contributed by atoms with E-state index in [1.165, 1.54) is 4.31 Å². The highest BCUT2D eigenvalue weighted by Crippen LogP contribution is 2.37. The van der Waals surface area contributed by atoms with Gasteiger partial charge in [-0.15, -0.1) is 0 Å². The van der Waals surface area contributed by atoms with E-state index in [9.17, 15) is 18.0 Å². The number of carbonyl (C=O) groups excluding carboxylic acids is 2. The van der Waals surface area contributed by atoms with Gasteiger partial charge in [0, 0.05) is 47.8 Å². The van der Waals surface area contributed by atoms with E-state index < -0.39 is 10.0 Å². The molecule has 1 fully saturated rings. The number of carbonyl (C=O) groups is 2. The highest BCUT2D eigenvalue weighted by atomic mass is 79.9. The van der Waals surface area contributed by atoms with Gasteiger partial charge >= 0.3 is 0 Å². The van der Waals surface area contributed by atoms with E-state index in [-0.39, 0.29) is 35.7 Å². The number of hydrogen-bond acceptors (Lipinski definition) is 5. The summed E-state index contributed by atoms with van der Waals surface area (Å²) in [6, 6.07) is 10.5. The van der Waals surface area contributed by atoms with Crippen molar-refractivity contribution in [2.75, 3.05) is 37.0 Å². The summed E-state index contributed by atoms with van der Waals surface area (Å²) in [5.74, 6) is 0.300. The Labute approximate surface area is 208 Å². The second-order valence-corrected chi connectivity index (χ2v) is 11.2. The molecule has 10 heteroatoms. The maximum absolute atomic E-state index is 13.5. The van der Waals surface area contributed by atoms with Gasteiger partial charge in [0.2, 0.25) is 21.8 Å². The average Bonchev–Trinajstić information content (AvgIpc) is 3.26. The monoisotopic (exact) mass is 549 g/mol. The normalized spacial score (nSPS) is 16.9. The minimum absolute atomic E-state index is 0.0203. The third kappa shape index (κ3) is 4.85. The van der Waals surface area contributed by atoms with Crippen LogP contribution in [0.4, 0.5) is 11.4 Å². The molecule has 0 atom stereocenters. The van der Waals surface area contributed by atoms with Gasteiger partial charge in [0.25, 0.3) is 0 Å². The van der Waals surface area contributed by atoms with E-state index in [1.807, 2.05) is 0 Å². The van der Waals surface area contributed by atoms with Crippen LogP contribution < -0.4 is 15.0 Å². The number of methoxy groups -OCH3 is 1. The van der Waals surface area contributed by atoms with Gasteiger partial charge in [-0.05, 0) is 77.2 Å². The van der Waals surface area contributed by atoms with E-state index in [2.05, 4.69) is 21.2 Å². The zero-order valence-corrected chi connectivity index (χ0v) is 21.6. The molecule has 0 unspecified atom stereocenters. The van der Waals surface area contributed by atoms with Crippen LogP contribution >= 0.6 is 15.9 Å². The van der Waals surface area contributed by atoms with Crippen LogP contribution in [0, 0.1) is 5.92 Å². The number of hydrogen-bond donors (Lipinski definition) is 1. The van der Waals surface area contributed by atoms with Crippen molar-refractivity contribution in [2.45, 2.75) is 37.5 Å². The summed E-state index contributed by atoms with van der Waals surface area (Å²) >= 11 is 3.43. The van der Waals surface area contributed by atoms with Crippen molar-refractivity contribution in [2.24, 2.45) is 5.92 Å². The minimum atomic E-state index is -3.78. The molecule has 1 N–H and O–H groups in total. The summed E-state index contributed by atoms with van der Waals surface area (Å²) in [6.07, 6.45) is 1.94. The maximum atomic E-state index is 13.5. The molecule has 2 aromatic rings. The fourth-order valence-corrected chi connectivity index (χ4v) is 6.99. The van der Waals surface area contributed by atoms with Crippen molar-refractivity contribution >= 4 is 49.1 Å². The minimum Gasteiger partial charge on any atom is -0.497 e. The Hall–Kier alpha value is -2.43. The summed E-state index contributed by atoms with van der Waals surface area (Å²) in [5, 5.41) is 2.90. The number of piperidine rings is 1. The van der Waals surface area contributed by atoms with E-state index in [0.29, 0.717) is 53.8 Å². The number of amides is 2. The lowest BCUT2D eigenvalue weighted by atomic mass is 9.97. The van der Waals surface area contributed by atoms with Gasteiger partial charge in [-0.3, -0.25) is 9.59 Å². The molecule has 2 amide bonds. The Morgan fingerprint density at radius 2 is 1.79 bits per heavy atom. The largest absolute Gasteiger partial charge is 0.497 e. The number of anilines is 2. The molecule has 0 aromatic heterocycles. The summed E-state index contributed by atoms with van der Waals surface area (Å²) in [5.41, 5.74) is 2.30. The highest BCUT2D eigenvalue weighted by molar-refractivity contribution is 9.10. The molecule has 2 aliphatic heterocycles. The zero-order chi connectivity index (χ0) is 24.5. The van der Waals surface area contributed by atoms with Crippen LogP contribution in [-0.2, 0) is 26.0 Å². The molecule has 0 radical (unpaired) electrons. The van der Waals surface area contributed by atoms with Crippen LogP contribution in [0.25, 0.3) is 0 Å². The Bertz CT molecular complexity index is 1190. The molecule has 0 bridgehead atoms. The van der Waals surface area contributed by atoms with Crippen molar-refractivity contribution in [1.82, 2.24) is 4.31 Å². The summed E-state index contributed by atoms with van der Waals surface area (Å²) < 4.78 is 34.0. The molecule has 1 saturated heterocycles. The Balaban J connectivity index is 1.45. The molecule has 2 aliphatic rings. The predicted octanol–water partition coefficient (Wildman–Crippen LogP) is 3.80. The number of rotatable bonds is 6. The first-order valence-electron chi connectivity index (χ1n) is 11.3. The van der Waals surface area contributed by atoms with Crippen molar-refractivity contribution in [3.05, 3.63) is 46.4 Å². The van der Waals surface area contributed by atoms with E-state index in [1.54, 1.807) is 55.3 Å². The zero-order valence-electron chi connectivity index (χ0n) is 19.2. The van der Waals surface area contributed by atoms with E-state index in [0.717, 1.165) is 5.56 Å². The van der Waals surface area contributed by atoms with E-state index in [4.69, 9.17) is 4.74 Å². The number of ether oxygens (including phenoxy) is 1. The molecule has 34 heavy (non-hydrogen) atoms. The van der Waals surface area contributed by atoms with Crippen molar-refractivity contribution in [3.63, 3.8) is 0 Å². The standard InChI is InChI=1S/C24H28BrN3O5S/c1-3-23(29)28-13-10-17-14-20(25)22(15-21(17)28)34(31,32)27-11-8-16(9-12-27)24(30)26-18-4-6-19(33-2)7-5-18/h4-7,14-16H,3,8-13H2,1-2H3,(H,26,30). The molecule has 0 spiro atoms. The smallest absolute Gasteiger partial charge is 0.244 e. The van der Waals surface area contributed by atoms with Gasteiger partial charge < -0.3 is 15.0 Å². The molecule has 182 valence electrons. The van der Waals surface area contributed by atoms with E-state index >= 15 is 0 Å². The molecule has 0 saturated carbocycles. The first-order chi connectivity index (χ1) is 16.2. The molecule has 2 aromatic carbocycles. The van der Waals surface area contributed by atoms with Crippen molar-refractivity contribution < 1.29 is 22.7 Å². The Morgan fingerprint density at radius 1 is 1.12 bits per heavy atom. The van der Waals surface area contributed by atoms with Crippen molar-refractivity contribution in [1.29, 1.82) is 0 Å². The molecule has 8 nitrogen and oxygen atoms in total. The topological polar surface area (TPSA) is 96.0 Å². The lowest BCUT2D eigenvalue weighted by Gasteiger charge is -2.31. The fraction of sp³-hybridized carbons (Fsp3) is 0.417. The van der Waals surface area contributed by atoms with Crippen LogP contribution in [0.2, 0.25) is 0 Å². The fourth-order valence-electron chi connectivity index (χ4n) is 4.45. The highest BCUT2D eigenvalue weighted by Gasteiger charge is 2.35. The second kappa shape index (κ2) is 10.1. The Kier molecular flexibility index (Phi) is 7.30. The molecule has 2 heterocycles. The summed E-state index contributed by atoms with van der Waals surface area (Å²) in [4.78, 5) is 26.8. The SMILES string of the molecule is CCC(=O)N1CCc2cc(Br)c(S(=O)(=O)N3CCC(C(=O)Nc4ccc(OC)cc4)CC3)cc21. The van der Waals surface area contributed by atoms with Gasteiger partial charge in [-0.2, -0.15) is 4.31 Å². The van der Waals surface area contributed by atoms with Crippen LogP contribution in [-0.4, -0.2) is 51.3 Å². The maximum Gasteiger partial charge on any atom is 0.244 e. The van der Waals surface area contributed by atoms with Gasteiger partial charge in [0.05, 0.1) is 12.0 Å². The van der Waals surface area contributed by atoms with Gasteiger partial charge in [0.15, 0.2) is 0 Å². The molecular weight excluding hydrogens is 522 g/mol. The molecule has 0 aliphatic carbocycles. The third-order valence-electron chi connectivity index (χ3n) is 6.43. The predicted molar refractivity (Wildman–Crippen MR) is 134 cm³/mol. The van der Waals surface area contributed by atoms with Crippen LogP contribution in [0.5, 0.6) is 5.75 Å². The lowest BCUT2D eigenvalue weighted by molar-refractivity contribution is -0.121. The first-order valence-corrected chi connectivity index (χ1v) is 13.6. The van der Waals surface area contributed by atoms with Crippen LogP contribution in [0.1, 0.15) is 31.7 Å². The third-order valence-corrected chi connectivity index (χ3v) is 9.29. The summed E-state index contributed by atoms with van der Waals surface area (Å²) in [7, 11) is -2.20. The van der Waals surface area contributed by atoms with Gasteiger partial charge in [0.1, 0.15) is 5.75 Å². The quantitative estimate of drug-likeness (QED) is 0.591. The molecular formula is C24H28BrN3O5S. The number of nitrogens with zero attached hydrogens (tertiary/aromatic N) is 2. The van der Waals surface area contributed by atoms with Gasteiger partial charge in [-0.1, -0.05) is 6.92 Å². The number of halogens is 1.